The van der Waals surface area contributed by atoms with Crippen LogP contribution in [0.4, 0.5) is 5.82 Å². The molecule has 1 aromatic heterocycles. The van der Waals surface area contributed by atoms with Crippen LogP contribution in [0.15, 0.2) is 41.5 Å². The second kappa shape index (κ2) is 9.80. The summed E-state index contributed by atoms with van der Waals surface area (Å²) in [6, 6.07) is 10.8. The van der Waals surface area contributed by atoms with E-state index >= 15 is 0 Å². The fourth-order valence-corrected chi connectivity index (χ4v) is 3.87. The van der Waals surface area contributed by atoms with Crippen molar-refractivity contribution in [3.63, 3.8) is 0 Å². The van der Waals surface area contributed by atoms with E-state index in [1.54, 1.807) is 7.05 Å². The fourth-order valence-electron chi connectivity index (χ4n) is 3.87. The molecular weight excluding hydrogens is 376 g/mol. The first kappa shape index (κ1) is 20.5. The molecule has 0 saturated carbocycles. The van der Waals surface area contributed by atoms with Crippen molar-refractivity contribution in [2.24, 2.45) is 4.99 Å². The fraction of sp³-hybridized carbons (Fsp3) is 0.478. The van der Waals surface area contributed by atoms with Crippen LogP contribution in [0.3, 0.4) is 0 Å². The number of aromatic nitrogens is 1. The van der Waals surface area contributed by atoms with E-state index in [4.69, 9.17) is 4.74 Å². The van der Waals surface area contributed by atoms with Crippen LogP contribution in [0, 0.1) is 0 Å². The van der Waals surface area contributed by atoms with E-state index in [0.717, 1.165) is 75.3 Å². The van der Waals surface area contributed by atoms with E-state index in [9.17, 15) is 0 Å². The highest BCUT2D eigenvalue weighted by atomic mass is 16.5. The van der Waals surface area contributed by atoms with E-state index in [-0.39, 0.29) is 0 Å². The lowest BCUT2D eigenvalue weighted by Crippen LogP contribution is -2.44. The van der Waals surface area contributed by atoms with Crippen LogP contribution in [0.1, 0.15) is 16.7 Å². The van der Waals surface area contributed by atoms with E-state index in [1.807, 2.05) is 6.20 Å². The molecule has 3 heterocycles. The lowest BCUT2D eigenvalue weighted by Gasteiger charge is -2.33. The van der Waals surface area contributed by atoms with Gasteiger partial charge in [0.2, 0.25) is 0 Å². The quantitative estimate of drug-likeness (QED) is 0.560. The molecule has 160 valence electrons. The number of guanidine groups is 1. The van der Waals surface area contributed by atoms with Gasteiger partial charge in [-0.15, -0.1) is 0 Å². The molecule has 2 aromatic rings. The average molecular weight is 409 g/mol. The van der Waals surface area contributed by atoms with Gasteiger partial charge in [0.05, 0.1) is 6.61 Å². The molecule has 0 spiro atoms. The van der Waals surface area contributed by atoms with Crippen molar-refractivity contribution in [3.8, 4) is 5.75 Å². The third kappa shape index (κ3) is 5.21. The zero-order valence-corrected chi connectivity index (χ0v) is 18.0. The number of hydrogen-bond acceptors (Lipinski definition) is 5. The van der Waals surface area contributed by atoms with Gasteiger partial charge in [0, 0.05) is 58.9 Å². The van der Waals surface area contributed by atoms with Crippen molar-refractivity contribution >= 4 is 11.8 Å². The van der Waals surface area contributed by atoms with Gasteiger partial charge in [-0.25, -0.2) is 4.98 Å². The Morgan fingerprint density at radius 2 is 1.93 bits per heavy atom. The lowest BCUT2D eigenvalue weighted by atomic mass is 10.1. The van der Waals surface area contributed by atoms with E-state index in [0.29, 0.717) is 6.54 Å². The highest BCUT2D eigenvalue weighted by Gasteiger charge is 2.15. The van der Waals surface area contributed by atoms with E-state index in [1.165, 1.54) is 11.1 Å². The summed E-state index contributed by atoms with van der Waals surface area (Å²) in [5, 5.41) is 6.77. The predicted octanol–water partition coefficient (Wildman–Crippen LogP) is 1.68. The number of pyridine rings is 1. The number of aliphatic imine (C=N–C) groups is 1. The monoisotopic (exact) mass is 408 g/mol. The number of likely N-dealkylation sites (N-methyl/N-ethyl adjacent to an activating group) is 1. The molecular formula is C23H32N6O. The maximum Gasteiger partial charge on any atom is 0.191 e. The van der Waals surface area contributed by atoms with Crippen molar-refractivity contribution in [1.82, 2.24) is 20.5 Å². The van der Waals surface area contributed by atoms with Gasteiger partial charge in [0.25, 0.3) is 0 Å². The summed E-state index contributed by atoms with van der Waals surface area (Å²) in [6.07, 6.45) is 3.93. The third-order valence-electron chi connectivity index (χ3n) is 5.78. The Bertz CT molecular complexity index is 858. The largest absolute Gasteiger partial charge is 0.493 e. The Labute approximate surface area is 179 Å². The van der Waals surface area contributed by atoms with Gasteiger partial charge in [0.1, 0.15) is 11.6 Å². The normalized spacial score (nSPS) is 16.9. The van der Waals surface area contributed by atoms with E-state index < -0.39 is 0 Å². The van der Waals surface area contributed by atoms with Crippen LogP contribution in [-0.4, -0.2) is 69.3 Å². The van der Waals surface area contributed by atoms with Crippen LogP contribution in [0.25, 0.3) is 0 Å². The summed E-state index contributed by atoms with van der Waals surface area (Å²) in [7, 11) is 3.97. The Morgan fingerprint density at radius 3 is 2.70 bits per heavy atom. The van der Waals surface area contributed by atoms with Crippen molar-refractivity contribution in [2.45, 2.75) is 19.4 Å². The molecule has 1 aromatic carbocycles. The summed E-state index contributed by atoms with van der Waals surface area (Å²) in [5.74, 6) is 2.91. The smallest absolute Gasteiger partial charge is 0.191 e. The summed E-state index contributed by atoms with van der Waals surface area (Å²) in [5.41, 5.74) is 3.79. The summed E-state index contributed by atoms with van der Waals surface area (Å²) in [4.78, 5) is 13.7. The standard InChI is InChI=1S/C23H32N6O/c1-24-23(25-9-7-18-3-5-21-20(15-18)8-14-30-21)27-17-19-4-6-22(26-16-19)29-12-10-28(2)11-13-29/h3-6,15-16H,7-14,17H2,1-2H3,(H2,24,25,27). The molecule has 7 nitrogen and oxygen atoms in total. The maximum absolute atomic E-state index is 5.58. The number of piperazine rings is 1. The number of benzene rings is 1. The number of hydrogen-bond donors (Lipinski definition) is 2. The average Bonchev–Trinajstić information content (AvgIpc) is 3.25. The molecule has 0 amide bonds. The Kier molecular flexibility index (Phi) is 6.69. The van der Waals surface area contributed by atoms with Gasteiger partial charge in [0.15, 0.2) is 5.96 Å². The molecule has 2 N–H and O–H groups in total. The second-order valence-electron chi connectivity index (χ2n) is 7.96. The lowest BCUT2D eigenvalue weighted by molar-refractivity contribution is 0.312. The zero-order valence-electron chi connectivity index (χ0n) is 18.0. The van der Waals surface area contributed by atoms with Gasteiger partial charge in [-0.2, -0.15) is 0 Å². The molecule has 2 aliphatic rings. The first-order valence-corrected chi connectivity index (χ1v) is 10.8. The second-order valence-corrected chi connectivity index (χ2v) is 7.96. The number of anilines is 1. The summed E-state index contributed by atoms with van der Waals surface area (Å²) < 4.78 is 5.58. The Hall–Kier alpha value is -2.80. The van der Waals surface area contributed by atoms with Gasteiger partial charge >= 0.3 is 0 Å². The third-order valence-corrected chi connectivity index (χ3v) is 5.78. The summed E-state index contributed by atoms with van der Waals surface area (Å²) >= 11 is 0. The van der Waals surface area contributed by atoms with Crippen LogP contribution < -0.4 is 20.3 Å². The number of nitrogens with one attached hydrogen (secondary N) is 2. The molecule has 0 radical (unpaired) electrons. The van der Waals surface area contributed by atoms with Crippen molar-refractivity contribution < 1.29 is 4.74 Å². The molecule has 0 bridgehead atoms. The predicted molar refractivity (Wildman–Crippen MR) is 121 cm³/mol. The van der Waals surface area contributed by atoms with Crippen LogP contribution in [0.5, 0.6) is 5.75 Å². The molecule has 0 unspecified atom stereocenters. The minimum absolute atomic E-state index is 0.700. The van der Waals surface area contributed by atoms with Crippen molar-refractivity contribution in [3.05, 3.63) is 53.2 Å². The molecule has 4 rings (SSSR count). The number of nitrogens with zero attached hydrogens (tertiary/aromatic N) is 4. The minimum atomic E-state index is 0.700. The van der Waals surface area contributed by atoms with Gasteiger partial charge < -0.3 is 25.2 Å². The molecule has 7 heteroatoms. The Balaban J connectivity index is 1.21. The SMILES string of the molecule is CN=C(NCCc1ccc2c(c1)CCO2)NCc1ccc(N2CCN(C)CC2)nc1. The number of rotatable bonds is 6. The minimum Gasteiger partial charge on any atom is -0.493 e. The van der Waals surface area contributed by atoms with Crippen molar-refractivity contribution in [2.75, 3.05) is 58.3 Å². The molecule has 30 heavy (non-hydrogen) atoms. The molecule has 0 atom stereocenters. The van der Waals surface area contributed by atoms with Crippen LogP contribution in [0.2, 0.25) is 0 Å². The van der Waals surface area contributed by atoms with Crippen LogP contribution >= 0.6 is 0 Å². The highest BCUT2D eigenvalue weighted by Crippen LogP contribution is 2.25. The first-order chi connectivity index (χ1) is 14.7. The molecule has 0 aliphatic carbocycles. The van der Waals surface area contributed by atoms with Crippen LogP contribution in [-0.2, 0) is 19.4 Å². The molecule has 2 aliphatic heterocycles. The molecule has 1 saturated heterocycles. The van der Waals surface area contributed by atoms with Crippen molar-refractivity contribution in [1.29, 1.82) is 0 Å². The van der Waals surface area contributed by atoms with Gasteiger partial charge in [-0.3, -0.25) is 4.99 Å². The number of fused-ring (bicyclic) bond motifs is 1. The van der Waals surface area contributed by atoms with Gasteiger partial charge in [-0.05, 0) is 42.3 Å². The van der Waals surface area contributed by atoms with E-state index in [2.05, 4.69) is 67.8 Å². The Morgan fingerprint density at radius 1 is 1.10 bits per heavy atom. The van der Waals surface area contributed by atoms with Gasteiger partial charge in [-0.1, -0.05) is 18.2 Å². The zero-order chi connectivity index (χ0) is 20.8. The first-order valence-electron chi connectivity index (χ1n) is 10.8. The number of ether oxygens (including phenoxy) is 1. The summed E-state index contributed by atoms with van der Waals surface area (Å²) in [6.45, 7) is 6.59. The topological polar surface area (TPSA) is 65.0 Å². The maximum atomic E-state index is 5.58. The highest BCUT2D eigenvalue weighted by molar-refractivity contribution is 5.79. The molecule has 1 fully saturated rings.